The third-order valence-electron chi connectivity index (χ3n) is 2.45. The fourth-order valence-electron chi connectivity index (χ4n) is 1.33. The van der Waals surface area contributed by atoms with Gasteiger partial charge in [0.1, 0.15) is 0 Å². The number of amides is 1. The minimum atomic E-state index is -0.801. The average Bonchev–Trinajstić information content (AvgIpc) is 2.15. The first kappa shape index (κ1) is 14.9. The van der Waals surface area contributed by atoms with Crippen LogP contribution in [0.2, 0.25) is 0 Å². The number of nitrogens with zero attached hydrogens (tertiary/aromatic N) is 2. The van der Waals surface area contributed by atoms with Crippen LogP contribution in [0.1, 0.15) is 26.7 Å². The van der Waals surface area contributed by atoms with Crippen molar-refractivity contribution in [1.82, 2.24) is 9.80 Å². The number of carboxylic acid groups (broad SMARTS) is 1. The Morgan fingerprint density at radius 2 is 1.62 bits per heavy atom. The summed E-state index contributed by atoms with van der Waals surface area (Å²) in [4.78, 5) is 25.4. The average molecular weight is 230 g/mol. The highest BCUT2D eigenvalue weighted by Crippen LogP contribution is 2.02. The van der Waals surface area contributed by atoms with E-state index >= 15 is 0 Å². The van der Waals surface area contributed by atoms with Crippen LogP contribution in [0.3, 0.4) is 0 Å². The van der Waals surface area contributed by atoms with Gasteiger partial charge < -0.3 is 10.0 Å². The maximum Gasteiger partial charge on any atom is 0.304 e. The lowest BCUT2D eigenvalue weighted by Gasteiger charge is -2.26. The molecule has 0 aromatic rings. The zero-order valence-corrected chi connectivity index (χ0v) is 10.6. The molecule has 1 amide bonds. The second-order valence-corrected chi connectivity index (χ2v) is 4.31. The van der Waals surface area contributed by atoms with Gasteiger partial charge in [0.05, 0.1) is 6.42 Å². The van der Waals surface area contributed by atoms with Crippen LogP contribution < -0.4 is 0 Å². The van der Waals surface area contributed by atoms with Gasteiger partial charge in [-0.15, -0.1) is 0 Å². The molecule has 0 aliphatic rings. The topological polar surface area (TPSA) is 60.9 Å². The van der Waals surface area contributed by atoms with Crippen molar-refractivity contribution in [2.75, 3.05) is 27.2 Å². The molecule has 0 aliphatic heterocycles. The predicted molar refractivity (Wildman–Crippen MR) is 62.3 cm³/mol. The van der Waals surface area contributed by atoms with Crippen LogP contribution in [0.15, 0.2) is 0 Å². The highest BCUT2D eigenvalue weighted by atomic mass is 16.4. The van der Waals surface area contributed by atoms with Gasteiger partial charge >= 0.3 is 5.97 Å². The molecule has 0 saturated carbocycles. The number of carbonyl (C=O) groups excluding carboxylic acids is 1. The second-order valence-electron chi connectivity index (χ2n) is 4.31. The lowest BCUT2D eigenvalue weighted by Crippen LogP contribution is -2.36. The predicted octanol–water partition coefficient (Wildman–Crippen LogP) is 0.650. The van der Waals surface area contributed by atoms with Crippen molar-refractivity contribution in [2.24, 2.45) is 0 Å². The van der Waals surface area contributed by atoms with Crippen LogP contribution in [0.25, 0.3) is 0 Å². The molecule has 0 aromatic heterocycles. The monoisotopic (exact) mass is 230 g/mol. The number of rotatable bonds is 7. The van der Waals surface area contributed by atoms with E-state index in [0.717, 1.165) is 0 Å². The van der Waals surface area contributed by atoms with Gasteiger partial charge in [0.15, 0.2) is 0 Å². The molecule has 0 radical (unpaired) electrons. The van der Waals surface area contributed by atoms with Crippen LogP contribution in [0.4, 0.5) is 0 Å². The SMILES string of the molecule is CC(C)N(CCC(=O)O)CCC(=O)N(C)C. The Bertz CT molecular complexity index is 239. The van der Waals surface area contributed by atoms with Crippen molar-refractivity contribution in [3.63, 3.8) is 0 Å². The minimum absolute atomic E-state index is 0.0703. The maximum absolute atomic E-state index is 11.4. The molecular weight excluding hydrogens is 208 g/mol. The van der Waals surface area contributed by atoms with Gasteiger partial charge in [-0.1, -0.05) is 0 Å². The Morgan fingerprint density at radius 1 is 1.12 bits per heavy atom. The summed E-state index contributed by atoms with van der Waals surface area (Å²) in [6, 6.07) is 0.259. The van der Waals surface area contributed by atoms with Crippen molar-refractivity contribution < 1.29 is 14.7 Å². The normalized spacial score (nSPS) is 10.9. The van der Waals surface area contributed by atoms with Gasteiger partial charge in [0.2, 0.25) is 5.91 Å². The van der Waals surface area contributed by atoms with Crippen LogP contribution >= 0.6 is 0 Å². The standard InChI is InChI=1S/C11H22N2O3/c1-9(2)13(8-6-11(15)16)7-5-10(14)12(3)4/h9H,5-8H2,1-4H3,(H,15,16). The first-order valence-electron chi connectivity index (χ1n) is 5.50. The summed E-state index contributed by atoms with van der Waals surface area (Å²) in [6.45, 7) is 5.11. The van der Waals surface area contributed by atoms with Crippen LogP contribution in [0.5, 0.6) is 0 Å². The summed E-state index contributed by atoms with van der Waals surface area (Å²) in [6.07, 6.45) is 0.555. The highest BCUT2D eigenvalue weighted by Gasteiger charge is 2.13. The van der Waals surface area contributed by atoms with Crippen molar-refractivity contribution in [3.8, 4) is 0 Å². The fraction of sp³-hybridized carbons (Fsp3) is 0.818. The molecule has 94 valence electrons. The largest absolute Gasteiger partial charge is 0.481 e. The summed E-state index contributed by atoms with van der Waals surface area (Å²) in [5.41, 5.74) is 0. The van der Waals surface area contributed by atoms with E-state index < -0.39 is 5.97 Å². The van der Waals surface area contributed by atoms with Gasteiger partial charge in [0, 0.05) is 39.6 Å². The van der Waals surface area contributed by atoms with E-state index in [1.807, 2.05) is 18.7 Å². The van der Waals surface area contributed by atoms with Crippen molar-refractivity contribution >= 4 is 11.9 Å². The Kier molecular flexibility index (Phi) is 6.72. The molecule has 0 atom stereocenters. The number of aliphatic carboxylic acids is 1. The van der Waals surface area contributed by atoms with Gasteiger partial charge in [-0.2, -0.15) is 0 Å². The van der Waals surface area contributed by atoms with E-state index in [2.05, 4.69) is 0 Å². The summed E-state index contributed by atoms with van der Waals surface area (Å²) < 4.78 is 0. The molecule has 0 spiro atoms. The lowest BCUT2D eigenvalue weighted by molar-refractivity contribution is -0.137. The molecule has 1 N–H and O–H groups in total. The molecular formula is C11H22N2O3. The number of hydrogen-bond donors (Lipinski definition) is 1. The molecule has 0 rings (SSSR count). The molecule has 0 aliphatic carbocycles. The van der Waals surface area contributed by atoms with Gasteiger partial charge in [-0.25, -0.2) is 0 Å². The molecule has 5 nitrogen and oxygen atoms in total. The molecule has 0 bridgehead atoms. The van der Waals surface area contributed by atoms with Crippen molar-refractivity contribution in [1.29, 1.82) is 0 Å². The Balaban J connectivity index is 4.04. The molecule has 0 heterocycles. The first-order valence-corrected chi connectivity index (χ1v) is 5.50. The Labute approximate surface area is 97.0 Å². The van der Waals surface area contributed by atoms with Crippen molar-refractivity contribution in [2.45, 2.75) is 32.7 Å². The summed E-state index contributed by atoms with van der Waals surface area (Å²) in [5, 5.41) is 8.61. The molecule has 0 saturated heterocycles. The summed E-state index contributed by atoms with van der Waals surface area (Å²) in [5.74, 6) is -0.731. The second kappa shape index (κ2) is 7.22. The van der Waals surface area contributed by atoms with Crippen LogP contribution in [-0.2, 0) is 9.59 Å². The fourth-order valence-corrected chi connectivity index (χ4v) is 1.33. The molecule has 0 fully saturated rings. The minimum Gasteiger partial charge on any atom is -0.481 e. The quantitative estimate of drug-likeness (QED) is 0.697. The van der Waals surface area contributed by atoms with E-state index in [1.54, 1.807) is 19.0 Å². The highest BCUT2D eigenvalue weighted by molar-refractivity contribution is 5.75. The Morgan fingerprint density at radius 3 is 2.00 bits per heavy atom. The third-order valence-corrected chi connectivity index (χ3v) is 2.45. The maximum atomic E-state index is 11.4. The number of hydrogen-bond acceptors (Lipinski definition) is 3. The Hall–Kier alpha value is -1.10. The molecule has 5 heteroatoms. The van der Waals surface area contributed by atoms with E-state index in [9.17, 15) is 9.59 Å². The van der Waals surface area contributed by atoms with Crippen LogP contribution in [0, 0.1) is 0 Å². The van der Waals surface area contributed by atoms with E-state index in [0.29, 0.717) is 19.5 Å². The molecule has 0 unspecified atom stereocenters. The third kappa shape index (κ3) is 6.40. The molecule has 16 heavy (non-hydrogen) atoms. The lowest BCUT2D eigenvalue weighted by atomic mass is 10.2. The summed E-state index contributed by atoms with van der Waals surface area (Å²) in [7, 11) is 3.44. The van der Waals surface area contributed by atoms with Crippen molar-refractivity contribution in [3.05, 3.63) is 0 Å². The van der Waals surface area contributed by atoms with Gasteiger partial charge in [-0.3, -0.25) is 14.5 Å². The molecule has 0 aromatic carbocycles. The summed E-state index contributed by atoms with van der Waals surface area (Å²) >= 11 is 0. The number of carboxylic acids is 1. The first-order chi connectivity index (χ1) is 7.34. The van der Waals surface area contributed by atoms with E-state index in [4.69, 9.17) is 5.11 Å². The van der Waals surface area contributed by atoms with Crippen LogP contribution in [-0.4, -0.2) is 60.0 Å². The van der Waals surface area contributed by atoms with Gasteiger partial charge in [-0.05, 0) is 13.8 Å². The van der Waals surface area contributed by atoms with E-state index in [1.165, 1.54) is 0 Å². The number of carbonyl (C=O) groups is 2. The zero-order valence-electron chi connectivity index (χ0n) is 10.6. The van der Waals surface area contributed by atoms with Gasteiger partial charge in [0.25, 0.3) is 0 Å². The smallest absolute Gasteiger partial charge is 0.304 e. The van der Waals surface area contributed by atoms with E-state index in [-0.39, 0.29) is 18.4 Å². The zero-order chi connectivity index (χ0) is 12.7.